The molecule has 4 heteroatoms. The van der Waals surface area contributed by atoms with Gasteiger partial charge in [-0.05, 0) is 63.2 Å². The van der Waals surface area contributed by atoms with Crippen LogP contribution in [0.5, 0.6) is 0 Å². The summed E-state index contributed by atoms with van der Waals surface area (Å²) < 4.78 is 5.72. The Morgan fingerprint density at radius 3 is 2.42 bits per heavy atom. The quantitative estimate of drug-likeness (QED) is 0.798. The molecule has 3 nitrogen and oxygen atoms in total. The minimum atomic E-state index is 0.225. The van der Waals surface area contributed by atoms with Crippen LogP contribution >= 0.6 is 12.2 Å². The maximum Gasteiger partial charge on any atom is 0.173 e. The summed E-state index contributed by atoms with van der Waals surface area (Å²) in [6.07, 6.45) is 0.450. The van der Waals surface area contributed by atoms with Gasteiger partial charge in [-0.3, -0.25) is 0 Å². The van der Waals surface area contributed by atoms with E-state index in [-0.39, 0.29) is 12.2 Å². The zero-order valence-electron chi connectivity index (χ0n) is 12.1. The minimum absolute atomic E-state index is 0.225. The van der Waals surface area contributed by atoms with Gasteiger partial charge in [0.1, 0.15) is 0 Å². The van der Waals surface area contributed by atoms with Crippen molar-refractivity contribution in [1.29, 1.82) is 0 Å². The number of morpholine rings is 1. The van der Waals surface area contributed by atoms with E-state index in [9.17, 15) is 0 Å². The first-order valence-corrected chi connectivity index (χ1v) is 7.15. The number of thiocarbonyl (C=S) groups is 1. The van der Waals surface area contributed by atoms with Gasteiger partial charge < -0.3 is 15.0 Å². The summed E-state index contributed by atoms with van der Waals surface area (Å²) in [5, 5.41) is 4.11. The molecule has 1 fully saturated rings. The lowest BCUT2D eigenvalue weighted by Crippen LogP contribution is -2.49. The molecule has 19 heavy (non-hydrogen) atoms. The summed E-state index contributed by atoms with van der Waals surface area (Å²) in [5.41, 5.74) is 3.63. The molecule has 0 bridgehead atoms. The van der Waals surface area contributed by atoms with Crippen molar-refractivity contribution in [3.8, 4) is 0 Å². The topological polar surface area (TPSA) is 24.5 Å². The molecule has 2 atom stereocenters. The van der Waals surface area contributed by atoms with Crippen LogP contribution in [0.15, 0.2) is 18.2 Å². The lowest BCUT2D eigenvalue weighted by atomic mass is 10.1. The molecule has 1 heterocycles. The van der Waals surface area contributed by atoms with Crippen LogP contribution in [0.25, 0.3) is 0 Å². The van der Waals surface area contributed by atoms with E-state index in [2.05, 4.69) is 56.1 Å². The molecule has 1 aliphatic heterocycles. The normalized spacial score (nSPS) is 23.3. The van der Waals surface area contributed by atoms with Crippen LogP contribution < -0.4 is 5.32 Å². The number of ether oxygens (including phenoxy) is 1. The molecule has 104 valence electrons. The molecule has 2 rings (SSSR count). The standard InChI is InChI=1S/C15H22N2OS/c1-10-5-6-14(7-11(10)2)16-15(19)17-8-12(3)18-13(4)9-17/h5-7,12-13H,8-9H2,1-4H3,(H,16,19)/t12-,13+. The van der Waals surface area contributed by atoms with Crippen LogP contribution in [0.3, 0.4) is 0 Å². The van der Waals surface area contributed by atoms with Gasteiger partial charge in [0, 0.05) is 18.8 Å². The molecule has 0 amide bonds. The minimum Gasteiger partial charge on any atom is -0.372 e. The van der Waals surface area contributed by atoms with E-state index in [4.69, 9.17) is 17.0 Å². The molecule has 0 radical (unpaired) electrons. The Morgan fingerprint density at radius 1 is 1.21 bits per heavy atom. The lowest BCUT2D eigenvalue weighted by Gasteiger charge is -2.37. The van der Waals surface area contributed by atoms with Crippen LogP contribution in [0.1, 0.15) is 25.0 Å². The van der Waals surface area contributed by atoms with E-state index < -0.39 is 0 Å². The molecule has 0 aliphatic carbocycles. The first kappa shape index (κ1) is 14.3. The molecule has 1 aromatic carbocycles. The highest BCUT2D eigenvalue weighted by atomic mass is 32.1. The summed E-state index contributed by atoms with van der Waals surface area (Å²) in [4.78, 5) is 2.18. The second kappa shape index (κ2) is 5.88. The number of benzene rings is 1. The number of anilines is 1. The number of nitrogens with zero attached hydrogens (tertiary/aromatic N) is 1. The van der Waals surface area contributed by atoms with Gasteiger partial charge in [0.25, 0.3) is 0 Å². The van der Waals surface area contributed by atoms with Crippen molar-refractivity contribution >= 4 is 23.0 Å². The van der Waals surface area contributed by atoms with E-state index in [0.29, 0.717) is 0 Å². The van der Waals surface area contributed by atoms with Gasteiger partial charge in [-0.15, -0.1) is 0 Å². The molecule has 1 N–H and O–H groups in total. The van der Waals surface area contributed by atoms with Gasteiger partial charge in [-0.1, -0.05) is 6.07 Å². The van der Waals surface area contributed by atoms with E-state index in [1.54, 1.807) is 0 Å². The summed E-state index contributed by atoms with van der Waals surface area (Å²) in [6, 6.07) is 6.32. The van der Waals surface area contributed by atoms with Gasteiger partial charge >= 0.3 is 0 Å². The van der Waals surface area contributed by atoms with Crippen molar-refractivity contribution in [3.63, 3.8) is 0 Å². The largest absolute Gasteiger partial charge is 0.372 e. The zero-order valence-corrected chi connectivity index (χ0v) is 12.9. The predicted molar refractivity (Wildman–Crippen MR) is 83.7 cm³/mol. The Morgan fingerprint density at radius 2 is 1.84 bits per heavy atom. The monoisotopic (exact) mass is 278 g/mol. The highest BCUT2D eigenvalue weighted by Gasteiger charge is 2.23. The Balaban J connectivity index is 2.02. The molecule has 0 saturated carbocycles. The van der Waals surface area contributed by atoms with E-state index in [1.165, 1.54) is 11.1 Å². The first-order valence-electron chi connectivity index (χ1n) is 6.74. The van der Waals surface area contributed by atoms with Crippen molar-refractivity contribution < 1.29 is 4.74 Å². The third kappa shape index (κ3) is 3.67. The van der Waals surface area contributed by atoms with Crippen LogP contribution in [0.2, 0.25) is 0 Å². The van der Waals surface area contributed by atoms with Crippen molar-refractivity contribution in [3.05, 3.63) is 29.3 Å². The fourth-order valence-electron chi connectivity index (χ4n) is 2.37. The molecule has 1 aromatic rings. The summed E-state index contributed by atoms with van der Waals surface area (Å²) in [5.74, 6) is 0. The van der Waals surface area contributed by atoms with E-state index >= 15 is 0 Å². The molecule has 1 aliphatic rings. The molecular formula is C15H22N2OS. The number of rotatable bonds is 1. The number of aryl methyl sites for hydroxylation is 2. The molecule has 0 aromatic heterocycles. The Labute approximate surface area is 120 Å². The number of hydrogen-bond donors (Lipinski definition) is 1. The molecule has 0 spiro atoms. The molecule has 0 unspecified atom stereocenters. The SMILES string of the molecule is Cc1ccc(NC(=S)N2C[C@@H](C)O[C@@H](C)C2)cc1C. The van der Waals surface area contributed by atoms with Crippen LogP contribution in [-0.4, -0.2) is 35.3 Å². The highest BCUT2D eigenvalue weighted by Crippen LogP contribution is 2.16. The summed E-state index contributed by atoms with van der Waals surface area (Å²) in [6.45, 7) is 10.1. The second-order valence-electron chi connectivity index (χ2n) is 5.39. The van der Waals surface area contributed by atoms with Gasteiger partial charge in [-0.25, -0.2) is 0 Å². The van der Waals surface area contributed by atoms with Crippen molar-refractivity contribution in [1.82, 2.24) is 4.90 Å². The number of nitrogens with one attached hydrogen (secondary N) is 1. The Bertz CT molecular complexity index is 465. The number of hydrogen-bond acceptors (Lipinski definition) is 2. The maximum atomic E-state index is 5.72. The van der Waals surface area contributed by atoms with Crippen LogP contribution in [0.4, 0.5) is 5.69 Å². The third-order valence-electron chi connectivity index (χ3n) is 3.47. The van der Waals surface area contributed by atoms with Crippen molar-refractivity contribution in [2.75, 3.05) is 18.4 Å². The van der Waals surface area contributed by atoms with Gasteiger partial charge in [-0.2, -0.15) is 0 Å². The molecule has 1 saturated heterocycles. The van der Waals surface area contributed by atoms with E-state index in [0.717, 1.165) is 23.9 Å². The maximum absolute atomic E-state index is 5.72. The first-order chi connectivity index (χ1) is 8.95. The van der Waals surface area contributed by atoms with Gasteiger partial charge in [0.15, 0.2) is 5.11 Å². The lowest BCUT2D eigenvalue weighted by molar-refractivity contribution is -0.0473. The van der Waals surface area contributed by atoms with E-state index in [1.807, 2.05) is 0 Å². The van der Waals surface area contributed by atoms with Crippen molar-refractivity contribution in [2.45, 2.75) is 39.9 Å². The smallest absolute Gasteiger partial charge is 0.173 e. The van der Waals surface area contributed by atoms with Gasteiger partial charge in [0.05, 0.1) is 12.2 Å². The summed E-state index contributed by atoms with van der Waals surface area (Å²) in [7, 11) is 0. The zero-order chi connectivity index (χ0) is 14.0. The van der Waals surface area contributed by atoms with Crippen LogP contribution in [-0.2, 0) is 4.74 Å². The highest BCUT2D eigenvalue weighted by molar-refractivity contribution is 7.80. The fraction of sp³-hybridized carbons (Fsp3) is 0.533. The average Bonchev–Trinajstić information content (AvgIpc) is 2.32. The Hall–Kier alpha value is -1.13. The summed E-state index contributed by atoms with van der Waals surface area (Å²) >= 11 is 5.50. The van der Waals surface area contributed by atoms with Gasteiger partial charge in [0.2, 0.25) is 0 Å². The van der Waals surface area contributed by atoms with Crippen molar-refractivity contribution in [2.24, 2.45) is 0 Å². The average molecular weight is 278 g/mol. The fourth-order valence-corrected chi connectivity index (χ4v) is 2.63. The van der Waals surface area contributed by atoms with Crippen LogP contribution in [0, 0.1) is 13.8 Å². The third-order valence-corrected chi connectivity index (χ3v) is 3.83. The predicted octanol–water partition coefficient (Wildman–Crippen LogP) is 3.11. The second-order valence-corrected chi connectivity index (χ2v) is 5.78. The Kier molecular flexibility index (Phi) is 4.42. The molecular weight excluding hydrogens is 256 g/mol.